The van der Waals surface area contributed by atoms with Crippen molar-refractivity contribution >= 4 is 21.8 Å². The smallest absolute Gasteiger partial charge is 0.223 e. The molecule has 2 saturated carbocycles. The average Bonchev–Trinajstić information content (AvgIpc) is 2.98. The molecule has 0 aromatic carbocycles. The molecule has 4 atom stereocenters. The highest BCUT2D eigenvalue weighted by Gasteiger charge is 2.42. The third-order valence-electron chi connectivity index (χ3n) is 4.85. The van der Waals surface area contributed by atoms with E-state index in [0.717, 1.165) is 24.2 Å². The van der Waals surface area contributed by atoms with Crippen molar-refractivity contribution in [1.29, 1.82) is 0 Å². The molecule has 1 amide bonds. The summed E-state index contributed by atoms with van der Waals surface area (Å²) in [6.45, 7) is 3.10. The maximum absolute atomic E-state index is 12.2. The number of rotatable bonds is 7. The molecule has 0 radical (unpaired) electrons. The molecule has 2 rings (SSSR count). The predicted octanol–water partition coefficient (Wildman–Crippen LogP) is 3.74. The summed E-state index contributed by atoms with van der Waals surface area (Å²) < 4.78 is 0. The van der Waals surface area contributed by atoms with E-state index in [1.54, 1.807) is 0 Å². The normalized spacial score (nSPS) is 31.6. The zero-order valence-corrected chi connectivity index (χ0v) is 13.0. The lowest BCUT2D eigenvalue weighted by atomic mass is 9.88. The zero-order valence-electron chi connectivity index (χ0n) is 11.5. The van der Waals surface area contributed by atoms with Gasteiger partial charge >= 0.3 is 0 Å². The van der Waals surface area contributed by atoms with Gasteiger partial charge < -0.3 is 5.32 Å². The lowest BCUT2D eigenvalue weighted by Gasteiger charge is -2.22. The van der Waals surface area contributed by atoms with Gasteiger partial charge in [-0.1, -0.05) is 35.7 Å². The summed E-state index contributed by atoms with van der Waals surface area (Å²) in [5.41, 5.74) is 0. The van der Waals surface area contributed by atoms with Crippen molar-refractivity contribution in [1.82, 2.24) is 5.32 Å². The number of fused-ring (bicyclic) bond motifs is 2. The van der Waals surface area contributed by atoms with Crippen LogP contribution in [0, 0.1) is 23.7 Å². The number of hydrogen-bond donors (Lipinski definition) is 1. The molecular formula is C15H26BrNO. The van der Waals surface area contributed by atoms with Crippen LogP contribution in [-0.4, -0.2) is 17.8 Å². The molecule has 0 aromatic rings. The summed E-state index contributed by atoms with van der Waals surface area (Å²) in [5.74, 6) is 2.90. The highest BCUT2D eigenvalue weighted by Crippen LogP contribution is 2.48. The van der Waals surface area contributed by atoms with E-state index in [-0.39, 0.29) is 0 Å². The Morgan fingerprint density at radius 2 is 2.17 bits per heavy atom. The Morgan fingerprint density at radius 3 is 2.72 bits per heavy atom. The molecule has 2 aliphatic rings. The minimum atomic E-state index is 0.343. The van der Waals surface area contributed by atoms with Crippen LogP contribution in [0.15, 0.2) is 0 Å². The predicted molar refractivity (Wildman–Crippen MR) is 78.8 cm³/mol. The van der Waals surface area contributed by atoms with E-state index in [4.69, 9.17) is 0 Å². The summed E-state index contributed by atoms with van der Waals surface area (Å²) in [5, 5.41) is 4.26. The van der Waals surface area contributed by atoms with Gasteiger partial charge in [0, 0.05) is 17.8 Å². The van der Waals surface area contributed by atoms with Gasteiger partial charge in [0.05, 0.1) is 0 Å². The lowest BCUT2D eigenvalue weighted by Crippen LogP contribution is -2.36. The number of amides is 1. The van der Waals surface area contributed by atoms with Crippen molar-refractivity contribution in [3.63, 3.8) is 0 Å². The Labute approximate surface area is 119 Å². The second kappa shape index (κ2) is 6.93. The summed E-state index contributed by atoms with van der Waals surface area (Å²) in [7, 11) is 0. The highest BCUT2D eigenvalue weighted by atomic mass is 79.9. The van der Waals surface area contributed by atoms with Gasteiger partial charge in [-0.15, -0.1) is 0 Å². The zero-order chi connectivity index (χ0) is 13.0. The first-order valence-corrected chi connectivity index (χ1v) is 8.70. The summed E-state index contributed by atoms with van der Waals surface area (Å²) >= 11 is 3.51. The van der Waals surface area contributed by atoms with Crippen LogP contribution >= 0.6 is 15.9 Å². The molecule has 2 aliphatic carbocycles. The van der Waals surface area contributed by atoms with Crippen molar-refractivity contribution in [3.8, 4) is 0 Å². The molecule has 0 spiro atoms. The molecule has 0 heterocycles. The fourth-order valence-corrected chi connectivity index (χ4v) is 4.50. The van der Waals surface area contributed by atoms with Gasteiger partial charge in [-0.05, 0) is 49.9 Å². The number of nitrogens with one attached hydrogen (secondary N) is 1. The van der Waals surface area contributed by atoms with E-state index < -0.39 is 0 Å². The van der Waals surface area contributed by atoms with Crippen molar-refractivity contribution in [2.24, 2.45) is 23.7 Å². The van der Waals surface area contributed by atoms with E-state index in [1.165, 1.54) is 38.5 Å². The Hall–Kier alpha value is -0.0500. The molecule has 0 saturated heterocycles. The summed E-state index contributed by atoms with van der Waals surface area (Å²) in [6.07, 6.45) is 8.75. The molecule has 0 aromatic heterocycles. The Kier molecular flexibility index (Phi) is 5.53. The van der Waals surface area contributed by atoms with E-state index in [1.807, 2.05) is 0 Å². The molecule has 0 aliphatic heterocycles. The van der Waals surface area contributed by atoms with Crippen LogP contribution in [-0.2, 0) is 4.79 Å². The van der Waals surface area contributed by atoms with Crippen LogP contribution < -0.4 is 5.32 Å². The van der Waals surface area contributed by atoms with Crippen LogP contribution in [0.5, 0.6) is 0 Å². The maximum Gasteiger partial charge on any atom is 0.223 e. The number of carbonyl (C=O) groups excluding carboxylic acids is 1. The number of carbonyl (C=O) groups is 1. The average molecular weight is 316 g/mol. The molecule has 18 heavy (non-hydrogen) atoms. The second-order valence-corrected chi connectivity index (χ2v) is 6.95. The summed E-state index contributed by atoms with van der Waals surface area (Å²) in [4.78, 5) is 12.2. The molecule has 104 valence electrons. The van der Waals surface area contributed by atoms with Crippen molar-refractivity contribution in [2.45, 2.75) is 51.9 Å². The standard InChI is InChI=1S/C15H26BrNO/c1-2-3-11(6-7-16)10-17-15(18)14-9-12-4-5-13(14)8-12/h11-14H,2-10H2,1H3,(H,17,18). The second-order valence-electron chi connectivity index (χ2n) is 6.16. The van der Waals surface area contributed by atoms with Gasteiger partial charge in [-0.2, -0.15) is 0 Å². The molecule has 1 N–H and O–H groups in total. The van der Waals surface area contributed by atoms with Gasteiger partial charge in [0.15, 0.2) is 0 Å². The number of alkyl halides is 1. The first-order chi connectivity index (χ1) is 8.74. The summed E-state index contributed by atoms with van der Waals surface area (Å²) in [6, 6.07) is 0. The molecule has 4 unspecified atom stereocenters. The number of hydrogen-bond acceptors (Lipinski definition) is 1. The third-order valence-corrected chi connectivity index (χ3v) is 5.31. The fourth-order valence-electron chi connectivity index (χ4n) is 3.85. The minimum absolute atomic E-state index is 0.343. The molecular weight excluding hydrogens is 290 g/mol. The third kappa shape index (κ3) is 3.49. The van der Waals surface area contributed by atoms with E-state index in [2.05, 4.69) is 28.2 Å². The molecule has 2 fully saturated rings. The van der Waals surface area contributed by atoms with Crippen molar-refractivity contribution in [3.05, 3.63) is 0 Å². The quantitative estimate of drug-likeness (QED) is 0.712. The SMILES string of the molecule is CCCC(CCBr)CNC(=O)C1CC2CCC1C2. The maximum atomic E-state index is 12.2. The van der Waals surface area contributed by atoms with Crippen LogP contribution in [0.25, 0.3) is 0 Å². The van der Waals surface area contributed by atoms with Gasteiger partial charge in [0.1, 0.15) is 0 Å². The van der Waals surface area contributed by atoms with Crippen LogP contribution in [0.4, 0.5) is 0 Å². The lowest BCUT2D eigenvalue weighted by molar-refractivity contribution is -0.126. The van der Waals surface area contributed by atoms with Crippen LogP contribution in [0.1, 0.15) is 51.9 Å². The topological polar surface area (TPSA) is 29.1 Å². The minimum Gasteiger partial charge on any atom is -0.356 e. The first-order valence-electron chi connectivity index (χ1n) is 7.58. The largest absolute Gasteiger partial charge is 0.356 e. The van der Waals surface area contributed by atoms with Gasteiger partial charge in [0.25, 0.3) is 0 Å². The Morgan fingerprint density at radius 1 is 1.33 bits per heavy atom. The van der Waals surface area contributed by atoms with E-state index in [0.29, 0.717) is 23.7 Å². The van der Waals surface area contributed by atoms with Crippen LogP contribution in [0.3, 0.4) is 0 Å². The number of halogens is 1. The Bertz CT molecular complexity index is 276. The van der Waals surface area contributed by atoms with E-state index >= 15 is 0 Å². The Balaban J connectivity index is 1.73. The molecule has 2 nitrogen and oxygen atoms in total. The van der Waals surface area contributed by atoms with Gasteiger partial charge in [0.2, 0.25) is 5.91 Å². The molecule has 2 bridgehead atoms. The van der Waals surface area contributed by atoms with Gasteiger partial charge in [-0.3, -0.25) is 4.79 Å². The monoisotopic (exact) mass is 315 g/mol. The fraction of sp³-hybridized carbons (Fsp3) is 0.933. The van der Waals surface area contributed by atoms with Gasteiger partial charge in [-0.25, -0.2) is 0 Å². The highest BCUT2D eigenvalue weighted by molar-refractivity contribution is 9.09. The van der Waals surface area contributed by atoms with Crippen LogP contribution in [0.2, 0.25) is 0 Å². The first kappa shape index (κ1) is 14.4. The van der Waals surface area contributed by atoms with Crippen molar-refractivity contribution in [2.75, 3.05) is 11.9 Å². The van der Waals surface area contributed by atoms with E-state index in [9.17, 15) is 4.79 Å². The molecule has 3 heteroatoms. The van der Waals surface area contributed by atoms with Crippen molar-refractivity contribution < 1.29 is 4.79 Å².